The van der Waals surface area contributed by atoms with E-state index in [1.54, 1.807) is 0 Å². The molecule has 0 aromatic carbocycles. The van der Waals surface area contributed by atoms with E-state index in [1.807, 2.05) is 0 Å². The van der Waals surface area contributed by atoms with Gasteiger partial charge >= 0.3 is 5.97 Å². The Morgan fingerprint density at radius 2 is 1.70 bits per heavy atom. The number of ether oxygens (including phenoxy) is 4. The first-order chi connectivity index (χ1) is 13.9. The summed E-state index contributed by atoms with van der Waals surface area (Å²) >= 11 is 0. The van der Waals surface area contributed by atoms with Gasteiger partial charge in [0.1, 0.15) is 59.7 Å². The Kier molecular flexibility index (Phi) is 6.16. The van der Waals surface area contributed by atoms with Crippen LogP contribution in [-0.4, -0.2) is 121 Å². The normalized spacial score (nSPS) is 51.0. The van der Waals surface area contributed by atoms with Gasteiger partial charge < -0.3 is 59.8 Å². The van der Waals surface area contributed by atoms with Gasteiger partial charge in [0.2, 0.25) is 6.29 Å². The lowest BCUT2D eigenvalue weighted by atomic mass is 9.76. The summed E-state index contributed by atoms with van der Waals surface area (Å²) in [6, 6.07) is 0. The van der Waals surface area contributed by atoms with Crippen LogP contribution in [0.1, 0.15) is 6.92 Å². The fourth-order valence-corrected chi connectivity index (χ4v) is 4.24. The zero-order chi connectivity index (χ0) is 22.6. The maximum atomic E-state index is 12.1. The SMILES string of the molecule is COC(=O)C1=CO[C@@H](O[C@H]2O[C@@H](CO)[C@H](O)[C@@H](O)[C@@H]2O)[C@@H]2[C@@](C)(O)[C@H](O)[C@@H](O)[C@]12O. The van der Waals surface area contributed by atoms with E-state index < -0.39 is 84.5 Å². The molecule has 30 heavy (non-hydrogen) atoms. The van der Waals surface area contributed by atoms with Gasteiger partial charge in [0.05, 0.1) is 19.6 Å². The molecule has 8 N–H and O–H groups in total. The van der Waals surface area contributed by atoms with E-state index in [0.717, 1.165) is 14.0 Å². The number of carbonyl (C=O) groups is 1. The summed E-state index contributed by atoms with van der Waals surface area (Å²) in [5.74, 6) is -2.79. The summed E-state index contributed by atoms with van der Waals surface area (Å²) in [6.07, 6.45) is -13.3. The number of hydrogen-bond acceptors (Lipinski definition) is 13. The Morgan fingerprint density at radius 3 is 2.27 bits per heavy atom. The van der Waals surface area contributed by atoms with Gasteiger partial charge in [-0.15, -0.1) is 0 Å². The highest BCUT2D eigenvalue weighted by Gasteiger charge is 2.72. The highest BCUT2D eigenvalue weighted by Crippen LogP contribution is 2.52. The Bertz CT molecular complexity index is 693. The standard InChI is InChI=1S/C17H26O13/c1-16(25)10-15(30-14-9(21)8(20)7(19)6(3-18)29-14)28-4-5(13(24)27-2)17(10,26)12(23)11(16)22/h4,6-12,14-15,18-23,25-26H,3H2,1-2H3/t6-,7-,8+,9-,10+,11+,12+,14+,15-,16+,17-/m0/s1. The van der Waals surface area contributed by atoms with Crippen LogP contribution in [0.15, 0.2) is 11.8 Å². The van der Waals surface area contributed by atoms with E-state index in [-0.39, 0.29) is 0 Å². The van der Waals surface area contributed by atoms with Crippen molar-refractivity contribution in [2.45, 2.75) is 67.3 Å². The largest absolute Gasteiger partial charge is 0.471 e. The van der Waals surface area contributed by atoms with E-state index in [1.165, 1.54) is 0 Å². The number of aliphatic hydroxyl groups is 8. The zero-order valence-electron chi connectivity index (χ0n) is 16.1. The predicted molar refractivity (Wildman–Crippen MR) is 90.9 cm³/mol. The Morgan fingerprint density at radius 1 is 1.07 bits per heavy atom. The van der Waals surface area contributed by atoms with E-state index >= 15 is 0 Å². The number of fused-ring (bicyclic) bond motifs is 1. The predicted octanol–water partition coefficient (Wildman–Crippen LogP) is -4.95. The van der Waals surface area contributed by atoms with Crippen molar-refractivity contribution >= 4 is 5.97 Å². The van der Waals surface area contributed by atoms with Gasteiger partial charge in [-0.05, 0) is 6.92 Å². The van der Waals surface area contributed by atoms with Crippen LogP contribution < -0.4 is 0 Å². The number of hydrogen-bond donors (Lipinski definition) is 8. The molecular formula is C17H26O13. The molecule has 13 heteroatoms. The molecule has 1 saturated carbocycles. The van der Waals surface area contributed by atoms with Crippen molar-refractivity contribution in [3.8, 4) is 0 Å². The van der Waals surface area contributed by atoms with E-state index in [4.69, 9.17) is 14.2 Å². The lowest BCUT2D eigenvalue weighted by molar-refractivity contribution is -0.352. The highest BCUT2D eigenvalue weighted by atomic mass is 16.8. The monoisotopic (exact) mass is 438 g/mol. The molecule has 0 unspecified atom stereocenters. The number of carbonyl (C=O) groups excluding carboxylic acids is 1. The number of methoxy groups -OCH3 is 1. The molecule has 0 bridgehead atoms. The second-order valence-electron chi connectivity index (χ2n) is 7.78. The van der Waals surface area contributed by atoms with Crippen LogP contribution >= 0.6 is 0 Å². The van der Waals surface area contributed by atoms with Crippen LogP contribution in [0.3, 0.4) is 0 Å². The molecule has 3 aliphatic rings. The molecule has 0 aromatic rings. The van der Waals surface area contributed by atoms with E-state index in [0.29, 0.717) is 6.26 Å². The summed E-state index contributed by atoms with van der Waals surface area (Å²) in [5, 5.41) is 81.9. The number of aliphatic hydroxyl groups excluding tert-OH is 6. The van der Waals surface area contributed by atoms with Gasteiger partial charge in [-0.2, -0.15) is 0 Å². The maximum Gasteiger partial charge on any atom is 0.339 e. The molecule has 3 rings (SSSR count). The lowest BCUT2D eigenvalue weighted by Crippen LogP contribution is -2.63. The van der Waals surface area contributed by atoms with Crippen LogP contribution in [0.25, 0.3) is 0 Å². The minimum Gasteiger partial charge on any atom is -0.471 e. The number of rotatable bonds is 4. The Labute approximate surface area is 170 Å². The molecule has 13 nitrogen and oxygen atoms in total. The smallest absolute Gasteiger partial charge is 0.339 e. The van der Waals surface area contributed by atoms with Crippen molar-refractivity contribution in [1.29, 1.82) is 0 Å². The van der Waals surface area contributed by atoms with Gasteiger partial charge in [0.15, 0.2) is 6.29 Å². The third-order valence-corrected chi connectivity index (χ3v) is 6.00. The van der Waals surface area contributed by atoms with Crippen molar-refractivity contribution in [2.75, 3.05) is 13.7 Å². The van der Waals surface area contributed by atoms with Crippen LogP contribution in [0.5, 0.6) is 0 Å². The maximum absolute atomic E-state index is 12.1. The average molecular weight is 438 g/mol. The first-order valence-electron chi connectivity index (χ1n) is 9.14. The summed E-state index contributed by atoms with van der Waals surface area (Å²) < 4.78 is 20.5. The topological polar surface area (TPSA) is 216 Å². The minimum atomic E-state index is -2.58. The zero-order valence-corrected chi connectivity index (χ0v) is 16.1. The Hall–Kier alpha value is -1.39. The van der Waals surface area contributed by atoms with Crippen molar-refractivity contribution in [1.82, 2.24) is 0 Å². The van der Waals surface area contributed by atoms with E-state index in [9.17, 15) is 45.6 Å². The van der Waals surface area contributed by atoms with E-state index in [2.05, 4.69) is 4.74 Å². The van der Waals surface area contributed by atoms with Gasteiger partial charge in [0.25, 0.3) is 0 Å². The molecule has 172 valence electrons. The van der Waals surface area contributed by atoms with Gasteiger partial charge in [-0.3, -0.25) is 0 Å². The molecule has 11 atom stereocenters. The molecule has 1 saturated heterocycles. The molecule has 2 aliphatic heterocycles. The van der Waals surface area contributed by atoms with Crippen molar-refractivity contribution in [2.24, 2.45) is 5.92 Å². The summed E-state index contributed by atoms with van der Waals surface area (Å²) in [6.45, 7) is 0.335. The van der Waals surface area contributed by atoms with Crippen molar-refractivity contribution in [3.05, 3.63) is 11.8 Å². The van der Waals surface area contributed by atoms with Crippen molar-refractivity contribution < 1.29 is 64.6 Å². The third-order valence-electron chi connectivity index (χ3n) is 6.00. The number of esters is 1. The van der Waals surface area contributed by atoms with Crippen LogP contribution in [-0.2, 0) is 23.7 Å². The lowest BCUT2D eigenvalue weighted by Gasteiger charge is -2.46. The molecule has 1 aliphatic carbocycles. The van der Waals surface area contributed by atoms with Crippen LogP contribution in [0.4, 0.5) is 0 Å². The molecule has 2 heterocycles. The molecular weight excluding hydrogens is 412 g/mol. The molecule has 0 spiro atoms. The fraction of sp³-hybridized carbons (Fsp3) is 0.824. The second kappa shape index (κ2) is 7.94. The minimum absolute atomic E-state index is 0.590. The van der Waals surface area contributed by atoms with Crippen LogP contribution in [0.2, 0.25) is 0 Å². The second-order valence-corrected chi connectivity index (χ2v) is 7.78. The first-order valence-corrected chi connectivity index (χ1v) is 9.14. The van der Waals surface area contributed by atoms with Gasteiger partial charge in [0, 0.05) is 0 Å². The molecule has 0 amide bonds. The van der Waals surface area contributed by atoms with Crippen molar-refractivity contribution in [3.63, 3.8) is 0 Å². The van der Waals surface area contributed by atoms with Gasteiger partial charge in [-0.25, -0.2) is 4.79 Å². The molecule has 0 radical (unpaired) electrons. The van der Waals surface area contributed by atoms with Crippen LogP contribution in [0, 0.1) is 5.92 Å². The fourth-order valence-electron chi connectivity index (χ4n) is 4.24. The third kappa shape index (κ3) is 3.22. The first kappa shape index (κ1) is 23.3. The Balaban J connectivity index is 1.96. The summed E-state index contributed by atoms with van der Waals surface area (Å²) in [7, 11) is 1.01. The average Bonchev–Trinajstić information content (AvgIpc) is 2.85. The molecule has 2 fully saturated rings. The summed E-state index contributed by atoms with van der Waals surface area (Å²) in [4.78, 5) is 12.1. The highest BCUT2D eigenvalue weighted by molar-refractivity contribution is 5.91. The quantitative estimate of drug-likeness (QED) is 0.193. The molecule has 0 aromatic heterocycles. The summed E-state index contributed by atoms with van der Waals surface area (Å²) in [5.41, 5.74) is -5.43. The van der Waals surface area contributed by atoms with Gasteiger partial charge in [-0.1, -0.05) is 0 Å².